The van der Waals surface area contributed by atoms with Crippen LogP contribution in [0.3, 0.4) is 0 Å². The van der Waals surface area contributed by atoms with E-state index in [9.17, 15) is 4.79 Å². The smallest absolute Gasteiger partial charge is 0.237 e. The van der Waals surface area contributed by atoms with Crippen molar-refractivity contribution in [2.24, 2.45) is 11.7 Å². The van der Waals surface area contributed by atoms with Crippen LogP contribution >= 0.6 is 0 Å². The minimum absolute atomic E-state index is 0.116. The van der Waals surface area contributed by atoms with Crippen LogP contribution in [-0.4, -0.2) is 19.1 Å². The van der Waals surface area contributed by atoms with E-state index in [1.54, 1.807) is 7.11 Å². The first-order valence-corrected chi connectivity index (χ1v) is 7.05. The van der Waals surface area contributed by atoms with Gasteiger partial charge in [-0.3, -0.25) is 4.79 Å². The molecule has 0 spiro atoms. The maximum atomic E-state index is 12.1. The number of nitrogens with one attached hydrogen (secondary N) is 1. The lowest BCUT2D eigenvalue weighted by Gasteiger charge is -2.21. The zero-order valence-electron chi connectivity index (χ0n) is 13.1. The van der Waals surface area contributed by atoms with Crippen molar-refractivity contribution in [3.63, 3.8) is 0 Å². The lowest BCUT2D eigenvalue weighted by Crippen LogP contribution is -2.42. The van der Waals surface area contributed by atoms with Gasteiger partial charge in [-0.25, -0.2) is 0 Å². The highest BCUT2D eigenvalue weighted by Gasteiger charge is 2.19. The summed E-state index contributed by atoms with van der Waals surface area (Å²) in [6.45, 7) is 8.07. The molecule has 0 saturated carbocycles. The van der Waals surface area contributed by atoms with Gasteiger partial charge in [-0.15, -0.1) is 0 Å². The van der Waals surface area contributed by atoms with Crippen LogP contribution < -0.4 is 15.8 Å². The van der Waals surface area contributed by atoms with Crippen LogP contribution in [0.1, 0.15) is 44.4 Å². The van der Waals surface area contributed by atoms with Crippen molar-refractivity contribution in [3.05, 3.63) is 29.3 Å². The lowest BCUT2D eigenvalue weighted by atomic mass is 10.0. The number of hydrogen-bond acceptors (Lipinski definition) is 3. The Morgan fingerprint density at radius 2 is 2.00 bits per heavy atom. The number of ether oxygens (including phenoxy) is 1. The van der Waals surface area contributed by atoms with Crippen molar-refractivity contribution in [2.75, 3.05) is 7.11 Å². The molecule has 2 atom stereocenters. The second-order valence-electron chi connectivity index (χ2n) is 5.71. The number of nitrogens with two attached hydrogens (primary N) is 1. The SMILES string of the molecule is COc1ccc(C)cc1C(C)NC(=O)C(N)CC(C)C. The maximum Gasteiger partial charge on any atom is 0.237 e. The molecule has 4 nitrogen and oxygen atoms in total. The highest BCUT2D eigenvalue weighted by Crippen LogP contribution is 2.26. The van der Waals surface area contributed by atoms with Gasteiger partial charge in [0, 0.05) is 5.56 Å². The Kier molecular flexibility index (Phi) is 6.02. The Morgan fingerprint density at radius 1 is 1.35 bits per heavy atom. The molecule has 4 heteroatoms. The summed E-state index contributed by atoms with van der Waals surface area (Å²) in [5.41, 5.74) is 8.00. The van der Waals surface area contributed by atoms with Crippen molar-refractivity contribution in [2.45, 2.75) is 46.2 Å². The Hall–Kier alpha value is -1.55. The molecule has 0 aliphatic heterocycles. The van der Waals surface area contributed by atoms with Crippen LogP contribution in [0.25, 0.3) is 0 Å². The summed E-state index contributed by atoms with van der Waals surface area (Å²) < 4.78 is 5.35. The van der Waals surface area contributed by atoms with E-state index in [-0.39, 0.29) is 11.9 Å². The molecule has 0 heterocycles. The molecule has 1 aromatic carbocycles. The Bertz CT molecular complexity index is 458. The highest BCUT2D eigenvalue weighted by molar-refractivity contribution is 5.81. The number of carbonyl (C=O) groups excluding carboxylic acids is 1. The van der Waals surface area contributed by atoms with Crippen LogP contribution in [0.2, 0.25) is 0 Å². The quantitative estimate of drug-likeness (QED) is 0.840. The first-order chi connectivity index (χ1) is 9.35. The molecule has 0 aromatic heterocycles. The van der Waals surface area contributed by atoms with Crippen LogP contribution in [0.4, 0.5) is 0 Å². The van der Waals surface area contributed by atoms with Gasteiger partial charge in [0.2, 0.25) is 5.91 Å². The monoisotopic (exact) mass is 278 g/mol. The van der Waals surface area contributed by atoms with Crippen LogP contribution in [0.15, 0.2) is 18.2 Å². The van der Waals surface area contributed by atoms with Crippen LogP contribution in [-0.2, 0) is 4.79 Å². The van der Waals surface area contributed by atoms with E-state index in [4.69, 9.17) is 10.5 Å². The summed E-state index contributed by atoms with van der Waals surface area (Å²) in [6, 6.07) is 5.34. The molecular formula is C16H26N2O2. The van der Waals surface area contributed by atoms with E-state index in [1.165, 1.54) is 0 Å². The zero-order chi connectivity index (χ0) is 15.3. The third kappa shape index (κ3) is 4.53. The van der Waals surface area contributed by atoms with E-state index in [2.05, 4.69) is 19.2 Å². The van der Waals surface area contributed by atoms with Gasteiger partial charge in [-0.05, 0) is 32.3 Å². The van der Waals surface area contributed by atoms with Crippen molar-refractivity contribution < 1.29 is 9.53 Å². The van der Waals surface area contributed by atoms with Crippen LogP contribution in [0.5, 0.6) is 5.75 Å². The predicted molar refractivity (Wildman–Crippen MR) is 81.7 cm³/mol. The average Bonchev–Trinajstić information content (AvgIpc) is 2.37. The Labute approximate surface area is 121 Å². The summed E-state index contributed by atoms with van der Waals surface area (Å²) in [7, 11) is 1.63. The van der Waals surface area contributed by atoms with Crippen LogP contribution in [0, 0.1) is 12.8 Å². The first kappa shape index (κ1) is 16.5. The summed E-state index contributed by atoms with van der Waals surface area (Å²) in [5.74, 6) is 1.06. The molecule has 0 saturated heterocycles. The Morgan fingerprint density at radius 3 is 2.55 bits per heavy atom. The normalized spacial score (nSPS) is 13.9. The van der Waals surface area contributed by atoms with Crippen molar-refractivity contribution in [1.29, 1.82) is 0 Å². The van der Waals surface area contributed by atoms with Crippen molar-refractivity contribution in [1.82, 2.24) is 5.32 Å². The van der Waals surface area contributed by atoms with Gasteiger partial charge in [0.05, 0.1) is 19.2 Å². The molecule has 3 N–H and O–H groups in total. The van der Waals surface area contributed by atoms with E-state index < -0.39 is 6.04 Å². The number of methoxy groups -OCH3 is 1. The molecule has 1 aromatic rings. The fourth-order valence-corrected chi connectivity index (χ4v) is 2.21. The van der Waals surface area contributed by atoms with E-state index in [0.29, 0.717) is 12.3 Å². The van der Waals surface area contributed by atoms with Gasteiger partial charge in [0.15, 0.2) is 0 Å². The lowest BCUT2D eigenvalue weighted by molar-refractivity contribution is -0.123. The third-order valence-corrected chi connectivity index (χ3v) is 3.27. The summed E-state index contributed by atoms with van der Waals surface area (Å²) in [5, 5.41) is 2.96. The second-order valence-corrected chi connectivity index (χ2v) is 5.71. The number of aryl methyl sites for hydroxylation is 1. The van der Waals surface area contributed by atoms with Gasteiger partial charge in [-0.1, -0.05) is 31.5 Å². The predicted octanol–water partition coefficient (Wildman–Crippen LogP) is 2.55. The van der Waals surface area contributed by atoms with Gasteiger partial charge >= 0.3 is 0 Å². The van der Waals surface area contributed by atoms with Gasteiger partial charge in [0.1, 0.15) is 5.75 Å². The molecule has 20 heavy (non-hydrogen) atoms. The third-order valence-electron chi connectivity index (χ3n) is 3.27. The summed E-state index contributed by atoms with van der Waals surface area (Å²) in [6.07, 6.45) is 0.684. The van der Waals surface area contributed by atoms with E-state index >= 15 is 0 Å². The maximum absolute atomic E-state index is 12.1. The van der Waals surface area contributed by atoms with Crippen molar-refractivity contribution >= 4 is 5.91 Å². The molecule has 0 aliphatic rings. The van der Waals surface area contributed by atoms with Gasteiger partial charge < -0.3 is 15.8 Å². The fraction of sp³-hybridized carbons (Fsp3) is 0.562. The minimum Gasteiger partial charge on any atom is -0.496 e. The molecule has 0 bridgehead atoms. The van der Waals surface area contributed by atoms with Gasteiger partial charge in [-0.2, -0.15) is 0 Å². The molecule has 2 unspecified atom stereocenters. The topological polar surface area (TPSA) is 64.3 Å². The standard InChI is InChI=1S/C16H26N2O2/c1-10(2)8-14(17)16(19)18-12(4)13-9-11(3)6-7-15(13)20-5/h6-7,9-10,12,14H,8,17H2,1-5H3,(H,18,19). The summed E-state index contributed by atoms with van der Waals surface area (Å²) in [4.78, 5) is 12.1. The summed E-state index contributed by atoms with van der Waals surface area (Å²) >= 11 is 0. The van der Waals surface area contributed by atoms with Crippen molar-refractivity contribution in [3.8, 4) is 5.75 Å². The average molecular weight is 278 g/mol. The number of amides is 1. The zero-order valence-corrected chi connectivity index (χ0v) is 13.1. The van der Waals surface area contributed by atoms with E-state index in [1.807, 2.05) is 32.0 Å². The number of hydrogen-bond donors (Lipinski definition) is 2. The highest BCUT2D eigenvalue weighted by atomic mass is 16.5. The molecule has 112 valence electrons. The number of rotatable bonds is 6. The molecular weight excluding hydrogens is 252 g/mol. The van der Waals surface area contributed by atoms with Gasteiger partial charge in [0.25, 0.3) is 0 Å². The number of carbonyl (C=O) groups is 1. The molecule has 0 radical (unpaired) electrons. The molecule has 0 fully saturated rings. The second kappa shape index (κ2) is 7.29. The molecule has 0 aliphatic carbocycles. The number of benzene rings is 1. The molecule has 1 rings (SSSR count). The fourth-order valence-electron chi connectivity index (χ4n) is 2.21. The Balaban J connectivity index is 2.78. The first-order valence-electron chi connectivity index (χ1n) is 7.05. The largest absolute Gasteiger partial charge is 0.496 e. The molecule has 1 amide bonds. The van der Waals surface area contributed by atoms with E-state index in [0.717, 1.165) is 16.9 Å². The minimum atomic E-state index is -0.465.